The molecule has 0 unspecified atom stereocenters. The fourth-order valence-electron chi connectivity index (χ4n) is 6.89. The normalized spacial score (nSPS) is 13.0. The minimum atomic E-state index is -0.815. The SMILES string of the molecule is CC/C=C\C/C=C\C/C=C\C/C=C\C/C=C\C/C=C\CCC(=O)OC[C@H](COC(=O)CCCCCCC/C=C\C/C=C\C/C=C\CC)OC(=O)CCCCCCCCCCCCCCC. The lowest BCUT2D eigenvalue weighted by Gasteiger charge is -2.18. The first kappa shape index (κ1) is 61.1. The highest BCUT2D eigenvalue weighted by Gasteiger charge is 2.19. The summed E-state index contributed by atoms with van der Waals surface area (Å²) < 4.78 is 16.7. The van der Waals surface area contributed by atoms with Gasteiger partial charge in [-0.3, -0.25) is 14.4 Å². The van der Waals surface area contributed by atoms with Gasteiger partial charge < -0.3 is 14.2 Å². The first-order chi connectivity index (χ1) is 32.0. The molecule has 0 amide bonds. The highest BCUT2D eigenvalue weighted by molar-refractivity contribution is 5.71. The van der Waals surface area contributed by atoms with Crippen molar-refractivity contribution in [2.45, 2.75) is 232 Å². The van der Waals surface area contributed by atoms with Crippen molar-refractivity contribution in [1.29, 1.82) is 0 Å². The van der Waals surface area contributed by atoms with Crippen molar-refractivity contribution in [3.8, 4) is 0 Å². The van der Waals surface area contributed by atoms with Gasteiger partial charge in [-0.2, -0.15) is 0 Å². The maximum atomic E-state index is 12.8. The summed E-state index contributed by atoms with van der Waals surface area (Å²) in [6, 6.07) is 0. The molecule has 0 radical (unpaired) electrons. The van der Waals surface area contributed by atoms with E-state index in [1.54, 1.807) is 0 Å². The summed E-state index contributed by atoms with van der Waals surface area (Å²) in [6.07, 6.45) is 70.8. The first-order valence-corrected chi connectivity index (χ1v) is 26.4. The van der Waals surface area contributed by atoms with E-state index in [0.29, 0.717) is 19.3 Å². The van der Waals surface area contributed by atoms with Crippen molar-refractivity contribution < 1.29 is 28.6 Å². The number of ether oxygens (including phenoxy) is 3. The molecule has 0 saturated carbocycles. The molecule has 0 saturated heterocycles. The quantitative estimate of drug-likeness (QED) is 0.0262. The smallest absolute Gasteiger partial charge is 0.306 e. The van der Waals surface area contributed by atoms with E-state index in [-0.39, 0.29) is 37.5 Å². The number of hydrogen-bond donors (Lipinski definition) is 0. The third-order valence-corrected chi connectivity index (χ3v) is 10.8. The molecule has 0 bridgehead atoms. The zero-order valence-corrected chi connectivity index (χ0v) is 42.0. The van der Waals surface area contributed by atoms with Crippen LogP contribution in [0.15, 0.2) is 109 Å². The number of carbonyl (C=O) groups excluding carboxylic acids is 3. The van der Waals surface area contributed by atoms with Crippen molar-refractivity contribution in [3.05, 3.63) is 109 Å². The topological polar surface area (TPSA) is 78.9 Å². The predicted octanol–water partition coefficient (Wildman–Crippen LogP) is 17.5. The molecule has 0 aliphatic carbocycles. The van der Waals surface area contributed by atoms with Crippen LogP contribution in [0.25, 0.3) is 0 Å². The Kier molecular flexibility index (Phi) is 49.5. The van der Waals surface area contributed by atoms with Crippen molar-refractivity contribution in [1.82, 2.24) is 0 Å². The molecule has 0 N–H and O–H groups in total. The van der Waals surface area contributed by atoms with Crippen LogP contribution in [0.1, 0.15) is 226 Å². The van der Waals surface area contributed by atoms with Crippen LogP contribution >= 0.6 is 0 Å². The van der Waals surface area contributed by atoms with Gasteiger partial charge in [0.1, 0.15) is 13.2 Å². The maximum Gasteiger partial charge on any atom is 0.306 e. The van der Waals surface area contributed by atoms with Crippen LogP contribution in [0.3, 0.4) is 0 Å². The second-order valence-corrected chi connectivity index (χ2v) is 17.0. The molecule has 0 rings (SSSR count). The van der Waals surface area contributed by atoms with Gasteiger partial charge >= 0.3 is 17.9 Å². The molecule has 0 aliphatic rings. The zero-order valence-electron chi connectivity index (χ0n) is 42.0. The van der Waals surface area contributed by atoms with Gasteiger partial charge in [0.2, 0.25) is 0 Å². The second-order valence-electron chi connectivity index (χ2n) is 17.0. The number of esters is 3. The lowest BCUT2D eigenvalue weighted by molar-refractivity contribution is -0.166. The fourth-order valence-corrected chi connectivity index (χ4v) is 6.89. The van der Waals surface area contributed by atoms with Crippen LogP contribution in [-0.4, -0.2) is 37.2 Å². The van der Waals surface area contributed by atoms with Crippen molar-refractivity contribution in [2.24, 2.45) is 0 Å². The van der Waals surface area contributed by atoms with Gasteiger partial charge in [0, 0.05) is 19.3 Å². The molecule has 65 heavy (non-hydrogen) atoms. The van der Waals surface area contributed by atoms with Crippen LogP contribution in [0.2, 0.25) is 0 Å². The molecule has 0 fully saturated rings. The Morgan fingerprint density at radius 3 is 1.03 bits per heavy atom. The average molecular weight is 901 g/mol. The Labute approximate surface area is 400 Å². The van der Waals surface area contributed by atoms with Gasteiger partial charge in [-0.25, -0.2) is 0 Å². The predicted molar refractivity (Wildman–Crippen MR) is 279 cm³/mol. The first-order valence-electron chi connectivity index (χ1n) is 26.4. The monoisotopic (exact) mass is 901 g/mol. The summed E-state index contributed by atoms with van der Waals surface area (Å²) >= 11 is 0. The highest BCUT2D eigenvalue weighted by atomic mass is 16.6. The van der Waals surface area contributed by atoms with Gasteiger partial charge in [0.25, 0.3) is 0 Å². The third kappa shape index (κ3) is 50.9. The van der Waals surface area contributed by atoms with E-state index in [2.05, 4.69) is 124 Å². The minimum absolute atomic E-state index is 0.111. The lowest BCUT2D eigenvalue weighted by Crippen LogP contribution is -2.30. The molecular weight excluding hydrogens is 805 g/mol. The Balaban J connectivity index is 4.52. The van der Waals surface area contributed by atoms with E-state index in [1.165, 1.54) is 64.2 Å². The van der Waals surface area contributed by atoms with Crippen molar-refractivity contribution in [2.75, 3.05) is 13.2 Å². The maximum absolute atomic E-state index is 12.8. The largest absolute Gasteiger partial charge is 0.462 e. The molecule has 0 aromatic heterocycles. The van der Waals surface area contributed by atoms with Crippen molar-refractivity contribution in [3.63, 3.8) is 0 Å². The van der Waals surface area contributed by atoms with E-state index in [0.717, 1.165) is 116 Å². The number of unbranched alkanes of at least 4 members (excludes halogenated alkanes) is 17. The molecule has 6 nitrogen and oxygen atoms in total. The van der Waals surface area contributed by atoms with Crippen LogP contribution in [0.4, 0.5) is 0 Å². The minimum Gasteiger partial charge on any atom is -0.462 e. The van der Waals surface area contributed by atoms with E-state index in [4.69, 9.17) is 14.2 Å². The van der Waals surface area contributed by atoms with E-state index in [1.807, 2.05) is 6.08 Å². The molecule has 1 atom stereocenters. The molecule has 0 aliphatic heterocycles. The van der Waals surface area contributed by atoms with E-state index >= 15 is 0 Å². The number of rotatable bonds is 46. The standard InChI is InChI=1S/C59H96O6/c1-4-7-10-13-16-19-22-25-27-28-29-30-32-35-37-40-43-46-49-52-58(61)64-55-56(65-59(62)53-50-47-44-41-38-33-24-21-18-15-12-9-6-3)54-63-57(60)51-48-45-42-39-36-34-31-26-23-20-17-14-11-8-5-2/h7-8,10-11,16-17,19-20,25-27,29-31,35,37,43,46,56H,4-6,9,12-15,18,21-24,28,32-34,36,38-42,44-45,47-55H2,1-3H3/b10-7-,11-8-,19-16-,20-17-,27-25-,30-29-,31-26-,37-35-,46-43-/t56-/m0/s1. The average Bonchev–Trinajstić information content (AvgIpc) is 3.30. The zero-order chi connectivity index (χ0) is 47.2. The van der Waals surface area contributed by atoms with Crippen LogP contribution in [0.5, 0.6) is 0 Å². The molecule has 6 heteroatoms. The lowest BCUT2D eigenvalue weighted by atomic mass is 10.0. The number of carbonyl (C=O) groups is 3. The third-order valence-electron chi connectivity index (χ3n) is 10.8. The fraction of sp³-hybridized carbons (Fsp3) is 0.644. The van der Waals surface area contributed by atoms with Crippen molar-refractivity contribution >= 4 is 17.9 Å². The molecular formula is C59H96O6. The van der Waals surface area contributed by atoms with Crippen LogP contribution < -0.4 is 0 Å². The van der Waals surface area contributed by atoms with Crippen LogP contribution in [-0.2, 0) is 28.6 Å². The van der Waals surface area contributed by atoms with Gasteiger partial charge in [-0.05, 0) is 89.9 Å². The summed E-state index contributed by atoms with van der Waals surface area (Å²) in [5.74, 6) is -1.02. The molecule has 368 valence electrons. The summed E-state index contributed by atoms with van der Waals surface area (Å²) in [5.41, 5.74) is 0. The molecule has 0 spiro atoms. The number of allylic oxidation sites excluding steroid dienone is 18. The summed E-state index contributed by atoms with van der Waals surface area (Å²) in [6.45, 7) is 6.32. The summed E-state index contributed by atoms with van der Waals surface area (Å²) in [4.78, 5) is 38.0. The highest BCUT2D eigenvalue weighted by Crippen LogP contribution is 2.14. The Morgan fingerprint density at radius 2 is 0.631 bits per heavy atom. The molecule has 0 aromatic carbocycles. The van der Waals surface area contributed by atoms with E-state index in [9.17, 15) is 14.4 Å². The van der Waals surface area contributed by atoms with Gasteiger partial charge in [0.05, 0.1) is 0 Å². The molecule has 0 aromatic rings. The molecule has 0 heterocycles. The summed E-state index contributed by atoms with van der Waals surface area (Å²) in [7, 11) is 0. The Hall–Kier alpha value is -3.93. The van der Waals surface area contributed by atoms with Gasteiger partial charge in [-0.1, -0.05) is 226 Å². The van der Waals surface area contributed by atoms with Gasteiger partial charge in [-0.15, -0.1) is 0 Å². The second kappa shape index (κ2) is 52.7. The number of hydrogen-bond acceptors (Lipinski definition) is 6. The van der Waals surface area contributed by atoms with E-state index < -0.39 is 6.10 Å². The van der Waals surface area contributed by atoms with Gasteiger partial charge in [0.15, 0.2) is 6.10 Å². The summed E-state index contributed by atoms with van der Waals surface area (Å²) in [5, 5.41) is 0. The van der Waals surface area contributed by atoms with Crippen LogP contribution in [0, 0.1) is 0 Å². The Morgan fingerprint density at radius 1 is 0.323 bits per heavy atom. The Bertz CT molecular complexity index is 1360.